The van der Waals surface area contributed by atoms with E-state index in [1.807, 2.05) is 32.9 Å². The average Bonchev–Trinajstić information content (AvgIpc) is 3.13. The average molecular weight is 412 g/mol. The molecule has 1 aromatic carbocycles. The molecule has 0 radical (unpaired) electrons. The lowest BCUT2D eigenvalue weighted by atomic mass is 10.2. The molecule has 0 fully saturated rings. The van der Waals surface area contributed by atoms with E-state index in [4.69, 9.17) is 9.47 Å². The highest BCUT2D eigenvalue weighted by atomic mass is 16.7. The quantitative estimate of drug-likeness (QED) is 0.304. The first-order chi connectivity index (χ1) is 14.5. The summed E-state index contributed by atoms with van der Waals surface area (Å²) in [5.41, 5.74) is 2.98. The Morgan fingerprint density at radius 3 is 2.57 bits per heavy atom. The molecule has 1 N–H and O–H groups in total. The van der Waals surface area contributed by atoms with Gasteiger partial charge >= 0.3 is 0 Å². The van der Waals surface area contributed by atoms with Crippen LogP contribution in [-0.2, 0) is 16.0 Å². The summed E-state index contributed by atoms with van der Waals surface area (Å²) in [5.74, 6) is 0.648. The molecule has 2 aromatic heterocycles. The molecule has 0 aliphatic heterocycles. The molecule has 0 saturated heterocycles. The monoisotopic (exact) mass is 412 g/mol. The third-order valence-electron chi connectivity index (χ3n) is 4.38. The van der Waals surface area contributed by atoms with Crippen LogP contribution in [0.2, 0.25) is 0 Å². The van der Waals surface area contributed by atoms with Crippen molar-refractivity contribution in [3.05, 3.63) is 58.4 Å². The van der Waals surface area contributed by atoms with Gasteiger partial charge in [-0.15, -0.1) is 0 Å². The van der Waals surface area contributed by atoms with Gasteiger partial charge in [0.25, 0.3) is 5.69 Å². The molecule has 158 valence electrons. The van der Waals surface area contributed by atoms with Crippen LogP contribution in [0.15, 0.2) is 42.7 Å². The first-order valence-electron chi connectivity index (χ1n) is 9.62. The zero-order valence-electron chi connectivity index (χ0n) is 17.1. The van der Waals surface area contributed by atoms with Gasteiger partial charge in [-0.3, -0.25) is 10.1 Å². The van der Waals surface area contributed by atoms with Crippen LogP contribution >= 0.6 is 0 Å². The van der Waals surface area contributed by atoms with Crippen LogP contribution in [0.5, 0.6) is 0 Å². The molecule has 0 aliphatic carbocycles. The van der Waals surface area contributed by atoms with Gasteiger partial charge in [0.15, 0.2) is 6.29 Å². The van der Waals surface area contributed by atoms with Crippen LogP contribution in [0.1, 0.15) is 19.4 Å². The second-order valence-corrected chi connectivity index (χ2v) is 6.45. The highest BCUT2D eigenvalue weighted by Gasteiger charge is 2.17. The molecule has 0 aliphatic rings. The maximum absolute atomic E-state index is 11.2. The number of ether oxygens (including phenoxy) is 2. The molecule has 3 rings (SSSR count). The van der Waals surface area contributed by atoms with Gasteiger partial charge in [-0.2, -0.15) is 15.3 Å². The molecule has 0 saturated carbocycles. The number of aromatic nitrogens is 4. The predicted molar refractivity (Wildman–Crippen MR) is 111 cm³/mol. The van der Waals surface area contributed by atoms with Crippen molar-refractivity contribution < 1.29 is 14.4 Å². The van der Waals surface area contributed by atoms with Crippen molar-refractivity contribution in [2.75, 3.05) is 18.5 Å². The number of aryl methyl sites for hydroxylation is 1. The second-order valence-electron chi connectivity index (χ2n) is 6.45. The number of non-ortho nitro benzene ring substituents is 1. The van der Waals surface area contributed by atoms with Crippen molar-refractivity contribution in [2.45, 2.75) is 33.6 Å². The predicted octanol–water partition coefficient (Wildman–Crippen LogP) is 3.70. The minimum Gasteiger partial charge on any atom is -0.351 e. The Morgan fingerprint density at radius 1 is 1.17 bits per heavy atom. The minimum atomic E-state index is -0.477. The summed E-state index contributed by atoms with van der Waals surface area (Å²) in [6.07, 6.45) is 2.74. The molecule has 3 aromatic rings. The van der Waals surface area contributed by atoms with Gasteiger partial charge < -0.3 is 14.8 Å². The highest BCUT2D eigenvalue weighted by molar-refractivity contribution is 5.68. The van der Waals surface area contributed by atoms with Crippen LogP contribution < -0.4 is 5.32 Å². The number of hydrogen-bond donors (Lipinski definition) is 1. The van der Waals surface area contributed by atoms with E-state index < -0.39 is 11.2 Å². The molecule has 0 spiro atoms. The number of nitrogens with zero attached hydrogens (tertiary/aromatic N) is 5. The second kappa shape index (κ2) is 9.90. The Morgan fingerprint density at radius 2 is 1.93 bits per heavy atom. The van der Waals surface area contributed by atoms with Gasteiger partial charge in [-0.05, 0) is 32.4 Å². The smallest absolute Gasteiger partial charge is 0.271 e. The maximum atomic E-state index is 11.2. The van der Waals surface area contributed by atoms with Crippen LogP contribution in [0, 0.1) is 17.0 Å². The molecule has 2 heterocycles. The van der Waals surface area contributed by atoms with E-state index in [0.29, 0.717) is 37.0 Å². The van der Waals surface area contributed by atoms with Crippen molar-refractivity contribution in [1.29, 1.82) is 0 Å². The number of nitro groups is 1. The Kier molecular flexibility index (Phi) is 7.04. The highest BCUT2D eigenvalue weighted by Crippen LogP contribution is 2.28. The first-order valence-corrected chi connectivity index (χ1v) is 9.62. The molecule has 0 atom stereocenters. The van der Waals surface area contributed by atoms with E-state index in [0.717, 1.165) is 11.1 Å². The van der Waals surface area contributed by atoms with E-state index in [2.05, 4.69) is 20.6 Å². The van der Waals surface area contributed by atoms with Gasteiger partial charge in [0, 0.05) is 42.7 Å². The van der Waals surface area contributed by atoms with Gasteiger partial charge in [0.05, 0.1) is 29.6 Å². The van der Waals surface area contributed by atoms with Gasteiger partial charge in [0.1, 0.15) is 5.82 Å². The summed E-state index contributed by atoms with van der Waals surface area (Å²) in [6.45, 7) is 7.02. The fourth-order valence-corrected chi connectivity index (χ4v) is 2.90. The van der Waals surface area contributed by atoms with Crippen molar-refractivity contribution in [3.8, 4) is 11.3 Å². The lowest BCUT2D eigenvalue weighted by Crippen LogP contribution is -2.25. The first kappa shape index (κ1) is 21.3. The zero-order valence-corrected chi connectivity index (χ0v) is 17.1. The molecule has 0 unspecified atom stereocenters. The van der Waals surface area contributed by atoms with Gasteiger partial charge in [-0.25, -0.2) is 4.68 Å². The summed E-state index contributed by atoms with van der Waals surface area (Å²) in [7, 11) is 0. The lowest BCUT2D eigenvalue weighted by Gasteiger charge is -2.19. The summed E-state index contributed by atoms with van der Waals surface area (Å²) in [5, 5.41) is 26.8. The number of nitro benzene ring substituents is 1. The normalized spacial score (nSPS) is 11.1. The maximum Gasteiger partial charge on any atom is 0.271 e. The summed E-state index contributed by atoms with van der Waals surface area (Å²) in [6, 6.07) is 8.35. The number of benzene rings is 1. The van der Waals surface area contributed by atoms with Crippen molar-refractivity contribution in [3.63, 3.8) is 0 Å². The van der Waals surface area contributed by atoms with E-state index in [9.17, 15) is 10.1 Å². The fourth-order valence-electron chi connectivity index (χ4n) is 2.90. The van der Waals surface area contributed by atoms with Gasteiger partial charge in [0.2, 0.25) is 0 Å². The molecule has 0 amide bonds. The van der Waals surface area contributed by atoms with Crippen molar-refractivity contribution in [2.24, 2.45) is 0 Å². The van der Waals surface area contributed by atoms with Crippen molar-refractivity contribution in [1.82, 2.24) is 20.0 Å². The zero-order chi connectivity index (χ0) is 21.5. The van der Waals surface area contributed by atoms with E-state index in [1.54, 1.807) is 23.1 Å². The minimum absolute atomic E-state index is 0.00855. The molecule has 0 bridgehead atoms. The lowest BCUT2D eigenvalue weighted by molar-refractivity contribution is -0.384. The summed E-state index contributed by atoms with van der Waals surface area (Å²) >= 11 is 0. The molecular formula is C20H24N6O4. The third-order valence-corrected chi connectivity index (χ3v) is 4.38. The van der Waals surface area contributed by atoms with Crippen LogP contribution in [0.25, 0.3) is 11.3 Å². The molecular weight excluding hydrogens is 388 g/mol. The number of nitrogens with one attached hydrogen (secondary N) is 1. The van der Waals surface area contributed by atoms with Gasteiger partial charge in [-0.1, -0.05) is 6.07 Å². The Balaban J connectivity index is 1.98. The van der Waals surface area contributed by atoms with Crippen LogP contribution in [0.3, 0.4) is 0 Å². The topological polar surface area (TPSA) is 117 Å². The van der Waals surface area contributed by atoms with E-state index >= 15 is 0 Å². The van der Waals surface area contributed by atoms with Crippen LogP contribution in [-0.4, -0.2) is 44.4 Å². The number of anilines is 2. The largest absolute Gasteiger partial charge is 0.351 e. The SMILES string of the molecule is CCOC(Cn1nc(-c2ccnnc2)cc1Nc1cc([N+](=O)[O-])ccc1C)OCC. The standard InChI is InChI=1S/C20H24N6O4/c1-4-29-20(30-5-2)13-25-19(11-18(24-25)15-8-9-21-22-12-15)23-17-10-16(26(27)28)7-6-14(17)3/h6-12,20,23H,4-5,13H2,1-3H3. The Bertz CT molecular complexity index is 986. The van der Waals surface area contributed by atoms with E-state index in [-0.39, 0.29) is 5.69 Å². The molecule has 10 nitrogen and oxygen atoms in total. The summed E-state index contributed by atoms with van der Waals surface area (Å²) < 4.78 is 13.0. The number of hydrogen-bond acceptors (Lipinski definition) is 8. The van der Waals surface area contributed by atoms with Crippen molar-refractivity contribution >= 4 is 17.2 Å². The Labute approximate surface area is 174 Å². The molecule has 30 heavy (non-hydrogen) atoms. The summed E-state index contributed by atoms with van der Waals surface area (Å²) in [4.78, 5) is 10.8. The fraction of sp³-hybridized carbons (Fsp3) is 0.350. The Hall–Kier alpha value is -3.37. The molecule has 10 heteroatoms. The van der Waals surface area contributed by atoms with E-state index in [1.165, 1.54) is 12.1 Å². The number of rotatable bonds is 10. The third kappa shape index (κ3) is 5.16. The van der Waals surface area contributed by atoms with Crippen LogP contribution in [0.4, 0.5) is 17.2 Å².